The predicted molar refractivity (Wildman–Crippen MR) is 62.1 cm³/mol. The Labute approximate surface area is 91.6 Å². The Bertz CT molecular complexity index is 337. The standard InChI is InChI=1S/C13H19NO/c1-9-8-12(9)14-10(2)11-6-4-5-7-13(11)15-3/h4-7,9-10,12,14H,8H2,1-3H3. The third-order valence-corrected chi connectivity index (χ3v) is 3.18. The van der Waals surface area contributed by atoms with E-state index in [4.69, 9.17) is 4.74 Å². The molecule has 82 valence electrons. The Balaban J connectivity index is 2.06. The van der Waals surface area contributed by atoms with Crippen molar-refractivity contribution < 1.29 is 4.74 Å². The average Bonchev–Trinajstić information content (AvgIpc) is 2.94. The van der Waals surface area contributed by atoms with E-state index in [1.54, 1.807) is 7.11 Å². The highest BCUT2D eigenvalue weighted by atomic mass is 16.5. The summed E-state index contributed by atoms with van der Waals surface area (Å²) in [6, 6.07) is 9.29. The van der Waals surface area contributed by atoms with Crippen LogP contribution in [0, 0.1) is 5.92 Å². The van der Waals surface area contributed by atoms with Crippen molar-refractivity contribution in [3.05, 3.63) is 29.8 Å². The fourth-order valence-electron chi connectivity index (χ4n) is 1.99. The van der Waals surface area contributed by atoms with E-state index in [1.807, 2.05) is 12.1 Å². The summed E-state index contributed by atoms with van der Waals surface area (Å²) in [5.74, 6) is 1.81. The third-order valence-electron chi connectivity index (χ3n) is 3.18. The summed E-state index contributed by atoms with van der Waals surface area (Å²) >= 11 is 0. The van der Waals surface area contributed by atoms with Crippen molar-refractivity contribution in [2.45, 2.75) is 32.4 Å². The molecule has 3 unspecified atom stereocenters. The van der Waals surface area contributed by atoms with Gasteiger partial charge in [0.1, 0.15) is 5.75 Å². The van der Waals surface area contributed by atoms with E-state index in [0.29, 0.717) is 12.1 Å². The van der Waals surface area contributed by atoms with Crippen molar-refractivity contribution in [2.75, 3.05) is 7.11 Å². The molecule has 0 heterocycles. The van der Waals surface area contributed by atoms with Gasteiger partial charge in [-0.15, -0.1) is 0 Å². The molecule has 1 aliphatic rings. The molecule has 3 atom stereocenters. The monoisotopic (exact) mass is 205 g/mol. The van der Waals surface area contributed by atoms with E-state index in [9.17, 15) is 0 Å². The van der Waals surface area contributed by atoms with Gasteiger partial charge in [-0.25, -0.2) is 0 Å². The van der Waals surface area contributed by atoms with Gasteiger partial charge in [0.15, 0.2) is 0 Å². The highest BCUT2D eigenvalue weighted by Gasteiger charge is 2.33. The van der Waals surface area contributed by atoms with E-state index in [2.05, 4.69) is 31.3 Å². The molecule has 0 saturated heterocycles. The van der Waals surface area contributed by atoms with Gasteiger partial charge in [-0.1, -0.05) is 25.1 Å². The maximum atomic E-state index is 5.36. The number of nitrogens with one attached hydrogen (secondary N) is 1. The Kier molecular flexibility index (Phi) is 2.96. The Morgan fingerprint density at radius 1 is 1.40 bits per heavy atom. The lowest BCUT2D eigenvalue weighted by molar-refractivity contribution is 0.400. The second-order valence-corrected chi connectivity index (χ2v) is 4.45. The number of benzene rings is 1. The summed E-state index contributed by atoms with van der Waals surface area (Å²) in [6.45, 7) is 4.48. The van der Waals surface area contributed by atoms with Gasteiger partial charge in [0.05, 0.1) is 7.11 Å². The normalized spacial score (nSPS) is 26.1. The number of rotatable bonds is 4. The SMILES string of the molecule is COc1ccccc1C(C)NC1CC1C. The second kappa shape index (κ2) is 4.23. The van der Waals surface area contributed by atoms with E-state index in [-0.39, 0.29) is 0 Å². The molecule has 2 heteroatoms. The lowest BCUT2D eigenvalue weighted by Gasteiger charge is -2.17. The van der Waals surface area contributed by atoms with E-state index >= 15 is 0 Å². The Hall–Kier alpha value is -1.02. The topological polar surface area (TPSA) is 21.3 Å². The van der Waals surface area contributed by atoms with Gasteiger partial charge in [0.25, 0.3) is 0 Å². The zero-order valence-corrected chi connectivity index (χ0v) is 9.66. The first-order valence-electron chi connectivity index (χ1n) is 5.61. The average molecular weight is 205 g/mol. The van der Waals surface area contributed by atoms with Crippen LogP contribution in [0.2, 0.25) is 0 Å². The van der Waals surface area contributed by atoms with Gasteiger partial charge in [-0.3, -0.25) is 0 Å². The first-order valence-corrected chi connectivity index (χ1v) is 5.61. The highest BCUT2D eigenvalue weighted by molar-refractivity contribution is 5.35. The summed E-state index contributed by atoms with van der Waals surface area (Å²) in [5.41, 5.74) is 1.25. The van der Waals surface area contributed by atoms with Gasteiger partial charge in [0, 0.05) is 17.6 Å². The van der Waals surface area contributed by atoms with Gasteiger partial charge in [-0.2, -0.15) is 0 Å². The quantitative estimate of drug-likeness (QED) is 0.816. The molecule has 15 heavy (non-hydrogen) atoms. The van der Waals surface area contributed by atoms with Crippen molar-refractivity contribution in [3.8, 4) is 5.75 Å². The van der Waals surface area contributed by atoms with Gasteiger partial charge in [0.2, 0.25) is 0 Å². The zero-order chi connectivity index (χ0) is 10.8. The second-order valence-electron chi connectivity index (χ2n) is 4.45. The maximum Gasteiger partial charge on any atom is 0.123 e. The van der Waals surface area contributed by atoms with Gasteiger partial charge in [-0.05, 0) is 25.3 Å². The molecule has 0 spiro atoms. The fraction of sp³-hybridized carbons (Fsp3) is 0.538. The summed E-state index contributed by atoms with van der Waals surface area (Å²) in [7, 11) is 1.73. The molecule has 0 amide bonds. The van der Waals surface area contributed by atoms with Crippen molar-refractivity contribution in [1.82, 2.24) is 5.32 Å². The molecule has 1 N–H and O–H groups in total. The van der Waals surface area contributed by atoms with Crippen LogP contribution in [-0.4, -0.2) is 13.2 Å². The first-order chi connectivity index (χ1) is 7.22. The van der Waals surface area contributed by atoms with Crippen LogP contribution in [0.25, 0.3) is 0 Å². The number of hydrogen-bond donors (Lipinski definition) is 1. The van der Waals surface area contributed by atoms with Crippen molar-refractivity contribution >= 4 is 0 Å². The fourth-order valence-corrected chi connectivity index (χ4v) is 1.99. The Morgan fingerprint density at radius 3 is 2.67 bits per heavy atom. The van der Waals surface area contributed by atoms with Crippen LogP contribution in [0.4, 0.5) is 0 Å². The molecule has 2 rings (SSSR count). The van der Waals surface area contributed by atoms with Crippen LogP contribution >= 0.6 is 0 Å². The zero-order valence-electron chi connectivity index (χ0n) is 9.66. The largest absolute Gasteiger partial charge is 0.496 e. The van der Waals surface area contributed by atoms with E-state index in [1.165, 1.54) is 12.0 Å². The third kappa shape index (κ3) is 2.32. The van der Waals surface area contributed by atoms with Crippen LogP contribution in [0.15, 0.2) is 24.3 Å². The van der Waals surface area contributed by atoms with Crippen molar-refractivity contribution in [3.63, 3.8) is 0 Å². The molecule has 1 saturated carbocycles. The summed E-state index contributed by atoms with van der Waals surface area (Å²) in [5, 5.41) is 3.61. The molecular weight excluding hydrogens is 186 g/mol. The number of methoxy groups -OCH3 is 1. The lowest BCUT2D eigenvalue weighted by Crippen LogP contribution is -2.22. The Morgan fingerprint density at radius 2 is 2.07 bits per heavy atom. The van der Waals surface area contributed by atoms with Crippen molar-refractivity contribution in [2.24, 2.45) is 5.92 Å². The van der Waals surface area contributed by atoms with Crippen molar-refractivity contribution in [1.29, 1.82) is 0 Å². The molecule has 0 bridgehead atoms. The summed E-state index contributed by atoms with van der Waals surface area (Å²) in [6.07, 6.45) is 1.31. The predicted octanol–water partition coefficient (Wildman–Crippen LogP) is 2.75. The number of hydrogen-bond acceptors (Lipinski definition) is 2. The molecule has 1 fully saturated rings. The first kappa shape index (κ1) is 10.5. The molecular formula is C13H19NO. The molecule has 2 nitrogen and oxygen atoms in total. The minimum Gasteiger partial charge on any atom is -0.496 e. The number of ether oxygens (including phenoxy) is 1. The van der Waals surface area contributed by atoms with E-state index in [0.717, 1.165) is 11.7 Å². The minimum absolute atomic E-state index is 0.371. The van der Waals surface area contributed by atoms with Crippen LogP contribution in [-0.2, 0) is 0 Å². The molecule has 0 radical (unpaired) electrons. The van der Waals surface area contributed by atoms with Gasteiger partial charge >= 0.3 is 0 Å². The molecule has 1 aliphatic carbocycles. The van der Waals surface area contributed by atoms with Crippen LogP contribution in [0.3, 0.4) is 0 Å². The molecule has 0 aromatic heterocycles. The van der Waals surface area contributed by atoms with E-state index < -0.39 is 0 Å². The van der Waals surface area contributed by atoms with Gasteiger partial charge < -0.3 is 10.1 Å². The molecule has 1 aromatic carbocycles. The lowest BCUT2D eigenvalue weighted by atomic mass is 10.1. The van der Waals surface area contributed by atoms with Crippen LogP contribution in [0.1, 0.15) is 31.9 Å². The maximum absolute atomic E-state index is 5.36. The van der Waals surface area contributed by atoms with Crippen LogP contribution in [0.5, 0.6) is 5.75 Å². The molecule has 1 aromatic rings. The smallest absolute Gasteiger partial charge is 0.123 e. The summed E-state index contributed by atoms with van der Waals surface area (Å²) < 4.78 is 5.36. The summed E-state index contributed by atoms with van der Waals surface area (Å²) in [4.78, 5) is 0. The highest BCUT2D eigenvalue weighted by Crippen LogP contribution is 2.33. The number of para-hydroxylation sites is 1. The van der Waals surface area contributed by atoms with Crippen LogP contribution < -0.4 is 10.1 Å². The molecule has 0 aliphatic heterocycles. The minimum atomic E-state index is 0.371.